The highest BCUT2D eigenvalue weighted by atomic mass is 32.1. The Labute approximate surface area is 151 Å². The largest absolute Gasteiger partial charge is 0.493 e. The lowest BCUT2D eigenvalue weighted by molar-refractivity contribution is 0.324. The van der Waals surface area contributed by atoms with Crippen molar-refractivity contribution < 1.29 is 14.2 Å². The van der Waals surface area contributed by atoms with E-state index in [9.17, 15) is 0 Å². The molecule has 1 aromatic rings. The van der Waals surface area contributed by atoms with Crippen LogP contribution in [0.15, 0.2) is 17.2 Å². The van der Waals surface area contributed by atoms with Crippen LogP contribution in [-0.4, -0.2) is 44.3 Å². The van der Waals surface area contributed by atoms with E-state index in [0.29, 0.717) is 28.9 Å². The second-order valence-electron chi connectivity index (χ2n) is 4.27. The van der Waals surface area contributed by atoms with Gasteiger partial charge < -0.3 is 19.5 Å². The molecule has 0 spiro atoms. The van der Waals surface area contributed by atoms with Gasteiger partial charge in [-0.3, -0.25) is 16.3 Å². The number of nitrogens with one attached hydrogen (secondary N) is 4. The lowest BCUT2D eigenvalue weighted by atomic mass is 10.2. The Morgan fingerprint density at radius 3 is 2.12 bits per heavy atom. The van der Waals surface area contributed by atoms with Crippen molar-refractivity contribution in [2.24, 2.45) is 5.10 Å². The number of hydrogen-bond donors (Lipinski definition) is 4. The van der Waals surface area contributed by atoms with Crippen LogP contribution in [0.1, 0.15) is 12.5 Å². The van der Waals surface area contributed by atoms with Gasteiger partial charge in [0.1, 0.15) is 0 Å². The maximum atomic E-state index is 5.28. The molecule has 0 radical (unpaired) electrons. The molecule has 0 saturated carbocycles. The summed E-state index contributed by atoms with van der Waals surface area (Å²) < 4.78 is 15.8. The average molecular weight is 371 g/mol. The summed E-state index contributed by atoms with van der Waals surface area (Å²) in [5, 5.41) is 7.65. The summed E-state index contributed by atoms with van der Waals surface area (Å²) >= 11 is 10.0. The Morgan fingerprint density at radius 1 is 1.04 bits per heavy atom. The van der Waals surface area contributed by atoms with Gasteiger partial charge in [-0.1, -0.05) is 0 Å². The number of nitrogens with zero attached hydrogens (tertiary/aromatic N) is 1. The summed E-state index contributed by atoms with van der Waals surface area (Å²) in [6, 6.07) is 3.53. The summed E-state index contributed by atoms with van der Waals surface area (Å²) in [5.74, 6) is 1.59. The number of hydrogen-bond acceptors (Lipinski definition) is 6. The Morgan fingerprint density at radius 2 is 1.62 bits per heavy atom. The summed E-state index contributed by atoms with van der Waals surface area (Å²) in [6.45, 7) is 2.65. The first-order valence-electron chi connectivity index (χ1n) is 6.98. The molecule has 0 fully saturated rings. The molecule has 1 aromatic carbocycles. The van der Waals surface area contributed by atoms with Crippen LogP contribution in [-0.2, 0) is 0 Å². The lowest BCUT2D eigenvalue weighted by Gasteiger charge is -2.13. The van der Waals surface area contributed by atoms with Crippen LogP contribution in [0.2, 0.25) is 0 Å². The van der Waals surface area contributed by atoms with Gasteiger partial charge in [-0.15, -0.1) is 0 Å². The number of benzene rings is 1. The highest BCUT2D eigenvalue weighted by Gasteiger charge is 2.12. The van der Waals surface area contributed by atoms with E-state index in [-0.39, 0.29) is 5.11 Å². The third-order valence-electron chi connectivity index (χ3n) is 2.69. The zero-order valence-electron chi connectivity index (χ0n) is 13.9. The molecule has 0 aromatic heterocycles. The molecule has 0 atom stereocenters. The van der Waals surface area contributed by atoms with Crippen LogP contribution in [0.5, 0.6) is 17.2 Å². The second kappa shape index (κ2) is 10.4. The van der Waals surface area contributed by atoms with Crippen molar-refractivity contribution in [1.29, 1.82) is 0 Å². The van der Waals surface area contributed by atoms with E-state index in [1.54, 1.807) is 39.7 Å². The van der Waals surface area contributed by atoms with Crippen LogP contribution < -0.4 is 35.8 Å². The lowest BCUT2D eigenvalue weighted by Crippen LogP contribution is -2.49. The number of thiocarbonyl (C=S) groups is 2. The third-order valence-corrected chi connectivity index (χ3v) is 3.13. The van der Waals surface area contributed by atoms with Crippen molar-refractivity contribution in [2.45, 2.75) is 6.92 Å². The van der Waals surface area contributed by atoms with E-state index < -0.39 is 0 Å². The first kappa shape index (κ1) is 19.7. The van der Waals surface area contributed by atoms with Gasteiger partial charge >= 0.3 is 0 Å². The van der Waals surface area contributed by atoms with Crippen molar-refractivity contribution in [3.05, 3.63) is 17.7 Å². The van der Waals surface area contributed by atoms with Crippen LogP contribution in [0.4, 0.5) is 0 Å². The molecular formula is C14H21N5O3S2. The number of rotatable bonds is 6. The molecule has 0 heterocycles. The molecular weight excluding hydrogens is 350 g/mol. The zero-order valence-corrected chi connectivity index (χ0v) is 15.6. The maximum Gasteiger partial charge on any atom is 0.205 e. The third kappa shape index (κ3) is 6.05. The summed E-state index contributed by atoms with van der Waals surface area (Å²) in [6.07, 6.45) is 1.57. The molecule has 4 N–H and O–H groups in total. The monoisotopic (exact) mass is 371 g/mol. The molecule has 132 valence electrons. The summed E-state index contributed by atoms with van der Waals surface area (Å²) in [4.78, 5) is 0. The van der Waals surface area contributed by atoms with Crippen LogP contribution in [0.25, 0.3) is 0 Å². The van der Waals surface area contributed by atoms with E-state index in [1.807, 2.05) is 6.92 Å². The van der Waals surface area contributed by atoms with E-state index in [4.69, 9.17) is 38.6 Å². The van der Waals surface area contributed by atoms with Crippen molar-refractivity contribution >= 4 is 40.9 Å². The molecule has 0 saturated heterocycles. The molecule has 0 aliphatic heterocycles. The molecule has 0 unspecified atom stereocenters. The highest BCUT2D eigenvalue weighted by Crippen LogP contribution is 2.37. The van der Waals surface area contributed by atoms with Crippen molar-refractivity contribution in [3.8, 4) is 17.2 Å². The summed E-state index contributed by atoms with van der Waals surface area (Å²) in [5.41, 5.74) is 8.83. The van der Waals surface area contributed by atoms with E-state index in [1.165, 1.54) is 0 Å². The second-order valence-corrected chi connectivity index (χ2v) is 5.08. The molecule has 10 heteroatoms. The number of ether oxygens (including phenoxy) is 3. The standard InChI is InChI=1S/C14H21N5O3S2/c1-5-15-13(23)18-19-14(24)17-16-8-9-6-10(20-2)12(22-4)11(7-9)21-3/h6-8H,5H2,1-4H3,(H2,15,18,23)(H2,17,19,24)/b16-8+. The van der Waals surface area contributed by atoms with Crippen molar-refractivity contribution in [3.63, 3.8) is 0 Å². The molecule has 0 aliphatic rings. The van der Waals surface area contributed by atoms with E-state index in [2.05, 4.69) is 26.7 Å². The van der Waals surface area contributed by atoms with Gasteiger partial charge in [-0.05, 0) is 43.5 Å². The van der Waals surface area contributed by atoms with Gasteiger partial charge in [0.2, 0.25) is 10.9 Å². The topological polar surface area (TPSA) is 88.2 Å². The predicted octanol–water partition coefficient (Wildman–Crippen LogP) is 0.909. The Kier molecular flexibility index (Phi) is 8.58. The number of methoxy groups -OCH3 is 3. The fourth-order valence-electron chi connectivity index (χ4n) is 1.69. The Bertz CT molecular complexity index is 585. The van der Waals surface area contributed by atoms with Gasteiger partial charge in [0.15, 0.2) is 16.6 Å². The van der Waals surface area contributed by atoms with Crippen LogP contribution in [0.3, 0.4) is 0 Å². The molecule has 0 aliphatic carbocycles. The van der Waals surface area contributed by atoms with Gasteiger partial charge in [0.05, 0.1) is 27.5 Å². The van der Waals surface area contributed by atoms with E-state index >= 15 is 0 Å². The fourth-order valence-corrected chi connectivity index (χ4v) is 1.99. The van der Waals surface area contributed by atoms with Gasteiger partial charge in [-0.25, -0.2) is 0 Å². The first-order valence-corrected chi connectivity index (χ1v) is 7.80. The minimum atomic E-state index is 0.263. The number of hydrazone groups is 1. The Hall–Kier alpha value is -2.33. The average Bonchev–Trinajstić information content (AvgIpc) is 2.59. The highest BCUT2D eigenvalue weighted by molar-refractivity contribution is 7.80. The molecule has 1 rings (SSSR count). The smallest absolute Gasteiger partial charge is 0.205 e. The van der Waals surface area contributed by atoms with Crippen LogP contribution >= 0.6 is 24.4 Å². The molecule has 0 amide bonds. The quantitative estimate of drug-likeness (QED) is 0.331. The SMILES string of the molecule is CCNC(=S)NNC(=S)N/N=C/c1cc(OC)c(OC)c(OC)c1. The zero-order chi connectivity index (χ0) is 17.9. The minimum Gasteiger partial charge on any atom is -0.493 e. The minimum absolute atomic E-state index is 0.263. The van der Waals surface area contributed by atoms with Crippen LogP contribution in [0, 0.1) is 0 Å². The van der Waals surface area contributed by atoms with Gasteiger partial charge in [0.25, 0.3) is 0 Å². The normalized spacial score (nSPS) is 10.0. The molecule has 8 nitrogen and oxygen atoms in total. The van der Waals surface area contributed by atoms with Crippen molar-refractivity contribution in [2.75, 3.05) is 27.9 Å². The fraction of sp³-hybridized carbons (Fsp3) is 0.357. The van der Waals surface area contributed by atoms with E-state index in [0.717, 1.165) is 5.56 Å². The van der Waals surface area contributed by atoms with Crippen molar-refractivity contribution in [1.82, 2.24) is 21.6 Å². The first-order chi connectivity index (χ1) is 11.5. The Balaban J connectivity index is 2.67. The predicted molar refractivity (Wildman–Crippen MR) is 102 cm³/mol. The van der Waals surface area contributed by atoms with Gasteiger partial charge in [-0.2, -0.15) is 5.10 Å². The molecule has 24 heavy (non-hydrogen) atoms. The number of hydrazine groups is 1. The molecule has 0 bridgehead atoms. The summed E-state index contributed by atoms with van der Waals surface area (Å²) in [7, 11) is 4.65. The maximum absolute atomic E-state index is 5.28. The van der Waals surface area contributed by atoms with Gasteiger partial charge in [0, 0.05) is 12.1 Å².